The first kappa shape index (κ1) is 27.7. The second-order valence-electron chi connectivity index (χ2n) is 13.7. The maximum atomic E-state index is 6.73. The fourth-order valence-electron chi connectivity index (χ4n) is 8.65. The molecule has 0 N–H and O–H groups in total. The molecule has 0 bridgehead atoms. The number of nitrogens with zero attached hydrogens (tertiary/aromatic N) is 2. The van der Waals surface area contributed by atoms with Gasteiger partial charge in [0, 0.05) is 43.4 Å². The highest BCUT2D eigenvalue weighted by Gasteiger charge is 2.21. The molecule has 0 aliphatic carbocycles. The highest BCUT2D eigenvalue weighted by atomic mass is 16.3. The summed E-state index contributed by atoms with van der Waals surface area (Å²) < 4.78 is 17.9. The van der Waals surface area contributed by atoms with E-state index in [0.717, 1.165) is 66.3 Å². The van der Waals surface area contributed by atoms with Crippen LogP contribution in [-0.2, 0) is 0 Å². The highest BCUT2D eigenvalue weighted by Crippen LogP contribution is 2.43. The summed E-state index contributed by atoms with van der Waals surface area (Å²) in [6, 6.07) is 60.6. The lowest BCUT2D eigenvalue weighted by atomic mass is 10.0. The maximum absolute atomic E-state index is 6.73. The second kappa shape index (κ2) is 10.3. The van der Waals surface area contributed by atoms with Crippen LogP contribution >= 0.6 is 0 Å². The summed E-state index contributed by atoms with van der Waals surface area (Å²) in [5.74, 6) is 0. The number of benzene rings is 8. The van der Waals surface area contributed by atoms with Gasteiger partial charge < -0.3 is 18.0 Å². The Bertz CT molecular complexity index is 3410. The van der Waals surface area contributed by atoms with Gasteiger partial charge in [-0.15, -0.1) is 0 Å². The molecule has 12 aromatic rings. The number of hydrogen-bond acceptors (Lipinski definition) is 2. The van der Waals surface area contributed by atoms with Crippen LogP contribution in [0.5, 0.6) is 0 Å². The van der Waals surface area contributed by atoms with Gasteiger partial charge in [0.05, 0.1) is 33.1 Å². The number of aromatic nitrogens is 2. The van der Waals surface area contributed by atoms with Gasteiger partial charge in [-0.25, -0.2) is 0 Å². The molecule has 0 unspecified atom stereocenters. The largest absolute Gasteiger partial charge is 0.455 e. The highest BCUT2D eigenvalue weighted by molar-refractivity contribution is 6.23. The first-order valence-corrected chi connectivity index (χ1v) is 17.7. The molecule has 4 nitrogen and oxygen atoms in total. The zero-order valence-corrected chi connectivity index (χ0v) is 27.9. The molecule has 0 radical (unpaired) electrons. The Balaban J connectivity index is 1.07. The molecule has 0 aliphatic rings. The van der Waals surface area contributed by atoms with Crippen LogP contribution in [0.15, 0.2) is 179 Å². The van der Waals surface area contributed by atoms with Gasteiger partial charge in [0.15, 0.2) is 5.58 Å². The monoisotopic (exact) mass is 664 g/mol. The third kappa shape index (κ3) is 3.70. The quantitative estimate of drug-likeness (QED) is 0.188. The lowest BCUT2D eigenvalue weighted by Gasteiger charge is -2.10. The molecule has 4 aromatic heterocycles. The van der Waals surface area contributed by atoms with Crippen LogP contribution in [0.3, 0.4) is 0 Å². The van der Waals surface area contributed by atoms with Crippen molar-refractivity contribution in [1.29, 1.82) is 0 Å². The van der Waals surface area contributed by atoms with E-state index in [1.165, 1.54) is 43.7 Å². The smallest absolute Gasteiger partial charge is 0.159 e. The van der Waals surface area contributed by atoms with Crippen molar-refractivity contribution in [3.63, 3.8) is 0 Å². The molecule has 0 saturated heterocycles. The van der Waals surface area contributed by atoms with Crippen molar-refractivity contribution in [2.24, 2.45) is 0 Å². The van der Waals surface area contributed by atoms with Crippen molar-refractivity contribution in [1.82, 2.24) is 9.13 Å². The number of rotatable bonds is 3. The minimum atomic E-state index is 0.820. The summed E-state index contributed by atoms with van der Waals surface area (Å²) in [6.07, 6.45) is 0. The predicted molar refractivity (Wildman–Crippen MR) is 215 cm³/mol. The lowest BCUT2D eigenvalue weighted by Crippen LogP contribution is -1.94. The molecule has 0 amide bonds. The number of fused-ring (bicyclic) bond motifs is 13. The summed E-state index contributed by atoms with van der Waals surface area (Å²) >= 11 is 0. The Kier molecular flexibility index (Phi) is 5.47. The summed E-state index contributed by atoms with van der Waals surface area (Å²) in [6.45, 7) is 0. The lowest BCUT2D eigenvalue weighted by molar-refractivity contribution is 0.661. The Morgan fingerprint density at radius 1 is 0.327 bits per heavy atom. The summed E-state index contributed by atoms with van der Waals surface area (Å²) in [7, 11) is 0. The summed E-state index contributed by atoms with van der Waals surface area (Å²) in [5.41, 5.74) is 12.6. The van der Waals surface area contributed by atoms with E-state index in [4.69, 9.17) is 8.83 Å². The number of para-hydroxylation sites is 5. The molecule has 0 spiro atoms. The molecule has 4 heteroatoms. The van der Waals surface area contributed by atoms with Crippen LogP contribution in [0.25, 0.3) is 110 Å². The van der Waals surface area contributed by atoms with E-state index < -0.39 is 0 Å². The van der Waals surface area contributed by atoms with Gasteiger partial charge in [0.1, 0.15) is 16.7 Å². The molecule has 0 fully saturated rings. The molecule has 0 saturated carbocycles. The van der Waals surface area contributed by atoms with Crippen LogP contribution < -0.4 is 0 Å². The topological polar surface area (TPSA) is 36.1 Å². The Hall–Kier alpha value is -7.04. The first-order chi connectivity index (χ1) is 25.8. The first-order valence-electron chi connectivity index (χ1n) is 17.7. The van der Waals surface area contributed by atoms with Crippen LogP contribution in [-0.4, -0.2) is 9.13 Å². The summed E-state index contributed by atoms with van der Waals surface area (Å²) in [5, 5.41) is 9.17. The van der Waals surface area contributed by atoms with E-state index in [2.05, 4.69) is 167 Å². The van der Waals surface area contributed by atoms with Crippen LogP contribution in [0.1, 0.15) is 0 Å². The van der Waals surface area contributed by atoms with Crippen molar-refractivity contribution in [2.45, 2.75) is 0 Å². The second-order valence-corrected chi connectivity index (χ2v) is 13.7. The minimum absolute atomic E-state index is 0.820. The number of furan rings is 2. The van der Waals surface area contributed by atoms with Crippen molar-refractivity contribution < 1.29 is 8.83 Å². The van der Waals surface area contributed by atoms with Gasteiger partial charge in [-0.3, -0.25) is 0 Å². The molecule has 0 atom stereocenters. The van der Waals surface area contributed by atoms with Crippen molar-refractivity contribution >= 4 is 87.5 Å². The van der Waals surface area contributed by atoms with Gasteiger partial charge >= 0.3 is 0 Å². The molecular weight excluding hydrogens is 637 g/mol. The molecule has 8 aromatic carbocycles. The Morgan fingerprint density at radius 3 is 1.65 bits per heavy atom. The van der Waals surface area contributed by atoms with E-state index in [1.807, 2.05) is 12.1 Å². The van der Waals surface area contributed by atoms with Crippen LogP contribution in [0, 0.1) is 0 Å². The average Bonchev–Trinajstić information content (AvgIpc) is 3.95. The molecule has 242 valence electrons. The van der Waals surface area contributed by atoms with E-state index in [0.29, 0.717) is 0 Å². The Labute approximate surface area is 296 Å². The molecular formula is C48H28N2O2. The zero-order valence-electron chi connectivity index (χ0n) is 27.9. The standard InChI is InChI=1S/C48H28N2O2/c1-2-11-31(12-3-1)49-39-17-7-4-13-32(39)37-27-29(21-24-41(37)49)30-22-25-42-38(28-30)33-14-5-8-18-40(33)50(42)43-19-10-16-36-46-45(52-47(36)43)26-23-35-34-15-6-9-20-44(34)51-48(35)46/h1-28H. The molecule has 52 heavy (non-hydrogen) atoms. The number of hydrogen-bond donors (Lipinski definition) is 0. The van der Waals surface area contributed by atoms with Crippen molar-refractivity contribution in [3.05, 3.63) is 170 Å². The SMILES string of the molecule is c1ccc(-n2c3ccccc3c3cc(-c4ccc5c(c4)c4ccccc4n5-c4cccc5c4oc4ccc6c7ccccc7oc6c45)ccc32)cc1. The van der Waals surface area contributed by atoms with Gasteiger partial charge in [-0.2, -0.15) is 0 Å². The normalized spacial score (nSPS) is 12.2. The van der Waals surface area contributed by atoms with Gasteiger partial charge in [0.2, 0.25) is 0 Å². The van der Waals surface area contributed by atoms with Crippen LogP contribution in [0.4, 0.5) is 0 Å². The van der Waals surface area contributed by atoms with E-state index >= 15 is 0 Å². The van der Waals surface area contributed by atoms with Crippen molar-refractivity contribution in [3.8, 4) is 22.5 Å². The van der Waals surface area contributed by atoms with Gasteiger partial charge in [0.25, 0.3) is 0 Å². The van der Waals surface area contributed by atoms with Crippen molar-refractivity contribution in [2.75, 3.05) is 0 Å². The fraction of sp³-hybridized carbons (Fsp3) is 0. The van der Waals surface area contributed by atoms with Gasteiger partial charge in [-0.1, -0.05) is 97.1 Å². The molecule has 12 rings (SSSR count). The molecule has 0 aliphatic heterocycles. The van der Waals surface area contributed by atoms with E-state index in [1.54, 1.807) is 0 Å². The minimum Gasteiger partial charge on any atom is -0.455 e. The fourth-order valence-corrected chi connectivity index (χ4v) is 8.65. The zero-order chi connectivity index (χ0) is 33.9. The van der Waals surface area contributed by atoms with Gasteiger partial charge in [-0.05, 0) is 83.9 Å². The van der Waals surface area contributed by atoms with E-state index in [9.17, 15) is 0 Å². The van der Waals surface area contributed by atoms with Crippen LogP contribution in [0.2, 0.25) is 0 Å². The average molecular weight is 665 g/mol. The predicted octanol–water partition coefficient (Wildman–Crippen LogP) is 13.3. The summed E-state index contributed by atoms with van der Waals surface area (Å²) in [4.78, 5) is 0. The van der Waals surface area contributed by atoms with E-state index in [-0.39, 0.29) is 0 Å². The maximum Gasteiger partial charge on any atom is 0.159 e. The Morgan fingerprint density at radius 2 is 0.904 bits per heavy atom. The third-order valence-electron chi connectivity index (χ3n) is 10.9. The molecule has 4 heterocycles. The third-order valence-corrected chi connectivity index (χ3v) is 10.9.